The van der Waals surface area contributed by atoms with Gasteiger partial charge in [-0.1, -0.05) is 41.9 Å². The summed E-state index contributed by atoms with van der Waals surface area (Å²) in [5.41, 5.74) is 3.39. The molecular weight excluding hydrogens is 440 g/mol. The highest BCUT2D eigenvalue weighted by molar-refractivity contribution is 6.38. The first kappa shape index (κ1) is 22.4. The van der Waals surface area contributed by atoms with E-state index >= 15 is 0 Å². The molecule has 1 heterocycles. The minimum absolute atomic E-state index is 0.160. The molecular formula is C26H23ClN2O4. The molecule has 168 valence electrons. The summed E-state index contributed by atoms with van der Waals surface area (Å²) < 4.78 is 13.0. The Hall–Kier alpha value is -3.77. The molecule has 1 amide bonds. The average Bonchev–Trinajstić information content (AvgIpc) is 3.10. The number of nitrogens with zero attached hydrogens (tertiary/aromatic N) is 1. The summed E-state index contributed by atoms with van der Waals surface area (Å²) in [6, 6.07) is 22.5. The van der Waals surface area contributed by atoms with Gasteiger partial charge in [-0.2, -0.15) is 0 Å². The smallest absolute Gasteiger partial charge is 0.356 e. The van der Waals surface area contributed by atoms with Crippen LogP contribution < -0.4 is 10.1 Å². The van der Waals surface area contributed by atoms with E-state index in [1.807, 2.05) is 60.7 Å². The Balaban J connectivity index is 1.76. The molecule has 1 N–H and O–H groups in total. The van der Waals surface area contributed by atoms with Gasteiger partial charge in [-0.3, -0.25) is 4.79 Å². The first-order valence-electron chi connectivity index (χ1n) is 10.5. The van der Waals surface area contributed by atoms with Crippen molar-refractivity contribution in [2.45, 2.75) is 20.5 Å². The Morgan fingerprint density at radius 2 is 1.73 bits per heavy atom. The summed E-state index contributed by atoms with van der Waals surface area (Å²) in [5.74, 6) is -0.0364. The molecule has 7 heteroatoms. The van der Waals surface area contributed by atoms with Crippen molar-refractivity contribution < 1.29 is 19.1 Å². The molecule has 0 saturated heterocycles. The number of rotatable bonds is 7. The van der Waals surface area contributed by atoms with Crippen LogP contribution in [0.4, 0.5) is 5.69 Å². The van der Waals surface area contributed by atoms with Gasteiger partial charge in [0.15, 0.2) is 5.69 Å². The third-order valence-corrected chi connectivity index (χ3v) is 5.42. The molecule has 0 spiro atoms. The largest absolute Gasteiger partial charge is 0.489 e. The summed E-state index contributed by atoms with van der Waals surface area (Å²) in [6.07, 6.45) is 0. The lowest BCUT2D eigenvalue weighted by Gasteiger charge is -2.12. The van der Waals surface area contributed by atoms with Crippen LogP contribution in [0.2, 0.25) is 5.02 Å². The Labute approximate surface area is 196 Å². The Morgan fingerprint density at radius 1 is 1.00 bits per heavy atom. The molecule has 3 aromatic carbocycles. The van der Waals surface area contributed by atoms with E-state index < -0.39 is 5.97 Å². The summed E-state index contributed by atoms with van der Waals surface area (Å²) >= 11 is 6.70. The third kappa shape index (κ3) is 4.86. The number of fused-ring (bicyclic) bond motifs is 1. The molecule has 0 saturated carbocycles. The molecule has 0 atom stereocenters. The van der Waals surface area contributed by atoms with Crippen LogP contribution in [-0.2, 0) is 16.1 Å². The number of carbonyl (C=O) groups is 2. The topological polar surface area (TPSA) is 69.6 Å². The van der Waals surface area contributed by atoms with Gasteiger partial charge in [0.25, 0.3) is 0 Å². The van der Waals surface area contributed by atoms with Gasteiger partial charge < -0.3 is 19.4 Å². The minimum Gasteiger partial charge on any atom is -0.489 e. The zero-order valence-corrected chi connectivity index (χ0v) is 19.1. The molecule has 4 rings (SSSR count). The number of nitrogens with one attached hydrogen (secondary N) is 1. The highest BCUT2D eigenvalue weighted by atomic mass is 35.5. The number of carbonyl (C=O) groups excluding carboxylic acids is 2. The maximum absolute atomic E-state index is 12.8. The van der Waals surface area contributed by atoms with E-state index in [4.69, 9.17) is 21.1 Å². The van der Waals surface area contributed by atoms with Crippen molar-refractivity contribution in [3.63, 3.8) is 0 Å². The van der Waals surface area contributed by atoms with E-state index in [9.17, 15) is 9.59 Å². The van der Waals surface area contributed by atoms with Crippen LogP contribution in [0.25, 0.3) is 16.6 Å². The van der Waals surface area contributed by atoms with Gasteiger partial charge >= 0.3 is 5.97 Å². The van der Waals surface area contributed by atoms with Gasteiger partial charge in [0.05, 0.1) is 17.1 Å². The van der Waals surface area contributed by atoms with Gasteiger partial charge in [0, 0.05) is 23.7 Å². The highest BCUT2D eigenvalue weighted by Crippen LogP contribution is 2.36. The van der Waals surface area contributed by atoms with Crippen LogP contribution >= 0.6 is 11.6 Å². The van der Waals surface area contributed by atoms with Crippen molar-refractivity contribution in [2.24, 2.45) is 0 Å². The van der Waals surface area contributed by atoms with Crippen LogP contribution in [0, 0.1) is 0 Å². The Kier molecular flexibility index (Phi) is 6.66. The van der Waals surface area contributed by atoms with Crippen molar-refractivity contribution in [3.8, 4) is 11.4 Å². The number of benzene rings is 3. The molecule has 4 aromatic rings. The van der Waals surface area contributed by atoms with E-state index in [2.05, 4.69) is 5.32 Å². The molecule has 0 unspecified atom stereocenters. The third-order valence-electron chi connectivity index (χ3n) is 5.04. The monoisotopic (exact) mass is 462 g/mol. The quantitative estimate of drug-likeness (QED) is 0.342. The van der Waals surface area contributed by atoms with Gasteiger partial charge in [0.1, 0.15) is 12.4 Å². The molecule has 0 bridgehead atoms. The van der Waals surface area contributed by atoms with Crippen molar-refractivity contribution in [1.82, 2.24) is 4.57 Å². The SMILES string of the molecule is CCOC(=O)c1c(Cl)c2cc(OCc3ccccc3)ccc2n1-c1ccc(NC(C)=O)cc1. The van der Waals surface area contributed by atoms with E-state index in [0.29, 0.717) is 34.1 Å². The van der Waals surface area contributed by atoms with Gasteiger partial charge in [-0.25, -0.2) is 4.79 Å². The molecule has 33 heavy (non-hydrogen) atoms. The second-order valence-corrected chi connectivity index (χ2v) is 7.78. The first-order chi connectivity index (χ1) is 16.0. The number of hydrogen-bond donors (Lipinski definition) is 1. The second-order valence-electron chi connectivity index (χ2n) is 7.40. The van der Waals surface area contributed by atoms with Crippen molar-refractivity contribution in [3.05, 3.63) is 89.1 Å². The standard InChI is InChI=1S/C26H23ClN2O4/c1-3-32-26(31)25-24(27)22-15-21(33-16-18-7-5-4-6-8-18)13-14-23(22)29(25)20-11-9-19(10-12-20)28-17(2)30/h4-15H,3,16H2,1-2H3,(H,28,30). The normalized spacial score (nSPS) is 10.8. The van der Waals surface area contributed by atoms with Crippen LogP contribution in [-0.4, -0.2) is 23.1 Å². The highest BCUT2D eigenvalue weighted by Gasteiger charge is 2.24. The van der Waals surface area contributed by atoms with E-state index in [1.54, 1.807) is 23.6 Å². The van der Waals surface area contributed by atoms with Crippen LogP contribution in [0.15, 0.2) is 72.8 Å². The van der Waals surface area contributed by atoms with Crippen molar-refractivity contribution in [2.75, 3.05) is 11.9 Å². The number of aromatic nitrogens is 1. The Morgan fingerprint density at radius 3 is 2.39 bits per heavy atom. The summed E-state index contributed by atoms with van der Waals surface area (Å²) in [5, 5.41) is 3.70. The van der Waals surface area contributed by atoms with Gasteiger partial charge in [0.2, 0.25) is 5.91 Å². The van der Waals surface area contributed by atoms with E-state index in [-0.39, 0.29) is 18.2 Å². The van der Waals surface area contributed by atoms with E-state index in [1.165, 1.54) is 6.92 Å². The minimum atomic E-state index is -0.517. The van der Waals surface area contributed by atoms with Gasteiger partial charge in [-0.15, -0.1) is 0 Å². The first-order valence-corrected chi connectivity index (χ1v) is 10.9. The number of hydrogen-bond acceptors (Lipinski definition) is 4. The summed E-state index contributed by atoms with van der Waals surface area (Å²) in [7, 11) is 0. The number of ether oxygens (including phenoxy) is 2. The zero-order chi connectivity index (χ0) is 23.4. The molecule has 1 aromatic heterocycles. The fraction of sp³-hybridized carbons (Fsp3) is 0.154. The lowest BCUT2D eigenvalue weighted by atomic mass is 10.2. The molecule has 0 aliphatic rings. The fourth-order valence-electron chi connectivity index (χ4n) is 3.61. The maximum Gasteiger partial charge on any atom is 0.356 e. The molecule has 6 nitrogen and oxygen atoms in total. The van der Waals surface area contributed by atoms with Crippen LogP contribution in [0.5, 0.6) is 5.75 Å². The number of esters is 1. The molecule has 0 fully saturated rings. The zero-order valence-electron chi connectivity index (χ0n) is 18.3. The average molecular weight is 463 g/mol. The van der Waals surface area contributed by atoms with Crippen LogP contribution in [0.1, 0.15) is 29.9 Å². The Bertz CT molecular complexity index is 1300. The lowest BCUT2D eigenvalue weighted by molar-refractivity contribution is -0.114. The van der Waals surface area contributed by atoms with Gasteiger partial charge in [-0.05, 0) is 55.0 Å². The second kappa shape index (κ2) is 9.79. The number of halogens is 1. The number of anilines is 1. The van der Waals surface area contributed by atoms with Crippen molar-refractivity contribution in [1.29, 1.82) is 0 Å². The maximum atomic E-state index is 12.8. The number of amides is 1. The van der Waals surface area contributed by atoms with E-state index in [0.717, 1.165) is 11.1 Å². The fourth-order valence-corrected chi connectivity index (χ4v) is 3.92. The van der Waals surface area contributed by atoms with Crippen molar-refractivity contribution >= 4 is 40.1 Å². The van der Waals surface area contributed by atoms with Crippen LogP contribution in [0.3, 0.4) is 0 Å². The summed E-state index contributed by atoms with van der Waals surface area (Å²) in [6.45, 7) is 3.84. The predicted octanol–water partition coefficient (Wildman–Crippen LogP) is 6.00. The lowest BCUT2D eigenvalue weighted by Crippen LogP contribution is -2.12. The molecule has 0 radical (unpaired) electrons. The molecule has 0 aliphatic carbocycles. The summed E-state index contributed by atoms with van der Waals surface area (Å²) in [4.78, 5) is 24.2. The predicted molar refractivity (Wildman–Crippen MR) is 129 cm³/mol. The molecule has 0 aliphatic heterocycles.